The fourth-order valence-electron chi connectivity index (χ4n) is 2.08. The van der Waals surface area contributed by atoms with Crippen LogP contribution in [0, 0.1) is 0 Å². The number of nitrogens with zero attached hydrogens (tertiary/aromatic N) is 2. The molecule has 1 aromatic carbocycles. The van der Waals surface area contributed by atoms with Gasteiger partial charge < -0.3 is 20.1 Å². The van der Waals surface area contributed by atoms with E-state index in [9.17, 15) is 13.2 Å². The van der Waals surface area contributed by atoms with Gasteiger partial charge in [-0.25, -0.2) is 4.98 Å². The summed E-state index contributed by atoms with van der Waals surface area (Å²) >= 11 is 0.952. The summed E-state index contributed by atoms with van der Waals surface area (Å²) in [6, 6.07) is 7.56. The predicted molar refractivity (Wildman–Crippen MR) is 98.0 cm³/mol. The first-order chi connectivity index (χ1) is 12.9. The molecule has 27 heavy (non-hydrogen) atoms. The second-order valence-corrected chi connectivity index (χ2v) is 6.33. The lowest BCUT2D eigenvalue weighted by atomic mass is 10.2. The van der Waals surface area contributed by atoms with Crippen LogP contribution in [0.5, 0.6) is 5.75 Å². The normalized spacial score (nSPS) is 12.1. The monoisotopic (exact) mass is 402 g/mol. The number of rotatable bonds is 8. The average molecular weight is 402 g/mol. The molecule has 0 radical (unpaired) electrons. The number of aliphatic imine (C=N–C) groups is 1. The zero-order chi connectivity index (χ0) is 19.7. The molecule has 0 fully saturated rings. The van der Waals surface area contributed by atoms with Gasteiger partial charge in [-0.15, -0.1) is 11.3 Å². The molecule has 0 aliphatic carbocycles. The standard InChI is InChI=1S/C17H21F3N4O2S/c1-21-16(23-10-15-24-14(11-27-15)17(18,19)20)22-9-12-4-3-5-13(8-12)26-7-6-25-2/h3-5,8,11H,6-7,9-10H2,1-2H3,(H2,21,22,23). The summed E-state index contributed by atoms with van der Waals surface area (Å²) in [6.07, 6.45) is -4.43. The highest BCUT2D eigenvalue weighted by Crippen LogP contribution is 2.29. The summed E-state index contributed by atoms with van der Waals surface area (Å²) in [6.45, 7) is 1.60. The Labute approximate surface area is 159 Å². The Kier molecular flexibility index (Phi) is 7.86. The number of thiazole rings is 1. The van der Waals surface area contributed by atoms with Crippen LogP contribution in [0.1, 0.15) is 16.3 Å². The van der Waals surface area contributed by atoms with Crippen LogP contribution in [0.25, 0.3) is 0 Å². The van der Waals surface area contributed by atoms with Crippen LogP contribution in [-0.2, 0) is 24.0 Å². The van der Waals surface area contributed by atoms with Crippen LogP contribution in [-0.4, -0.2) is 38.3 Å². The molecule has 148 valence electrons. The minimum absolute atomic E-state index is 0.153. The summed E-state index contributed by atoms with van der Waals surface area (Å²) in [5.41, 5.74) is 0.0963. The first kappa shape index (κ1) is 21.0. The number of nitrogens with one attached hydrogen (secondary N) is 2. The van der Waals surface area contributed by atoms with Crippen LogP contribution in [0.3, 0.4) is 0 Å². The second kappa shape index (κ2) is 10.1. The van der Waals surface area contributed by atoms with E-state index in [2.05, 4.69) is 20.6 Å². The molecule has 1 heterocycles. The second-order valence-electron chi connectivity index (χ2n) is 5.39. The quantitative estimate of drug-likeness (QED) is 0.404. The van der Waals surface area contributed by atoms with Crippen LogP contribution in [0.4, 0.5) is 13.2 Å². The highest BCUT2D eigenvalue weighted by molar-refractivity contribution is 7.09. The Morgan fingerprint density at radius 2 is 2.00 bits per heavy atom. The molecular formula is C17H21F3N4O2S. The van der Waals surface area contributed by atoms with E-state index in [1.54, 1.807) is 14.2 Å². The molecule has 0 bridgehead atoms. The maximum atomic E-state index is 12.6. The Bertz CT molecular complexity index is 750. The van der Waals surface area contributed by atoms with Crippen LogP contribution >= 0.6 is 11.3 Å². The number of benzene rings is 1. The van der Waals surface area contributed by atoms with E-state index in [4.69, 9.17) is 9.47 Å². The Balaban J connectivity index is 1.83. The number of methoxy groups -OCH3 is 1. The van der Waals surface area contributed by atoms with Crippen molar-refractivity contribution < 1.29 is 22.6 Å². The van der Waals surface area contributed by atoms with Gasteiger partial charge in [-0.1, -0.05) is 12.1 Å². The fourth-order valence-corrected chi connectivity index (χ4v) is 2.82. The van der Waals surface area contributed by atoms with E-state index in [-0.39, 0.29) is 6.54 Å². The summed E-state index contributed by atoms with van der Waals surface area (Å²) < 4.78 is 48.2. The maximum Gasteiger partial charge on any atom is 0.434 e. The largest absolute Gasteiger partial charge is 0.491 e. The smallest absolute Gasteiger partial charge is 0.434 e. The van der Waals surface area contributed by atoms with E-state index in [0.717, 1.165) is 28.0 Å². The summed E-state index contributed by atoms with van der Waals surface area (Å²) in [7, 11) is 3.20. The van der Waals surface area contributed by atoms with E-state index in [1.807, 2.05) is 24.3 Å². The van der Waals surface area contributed by atoms with Crippen molar-refractivity contribution in [2.75, 3.05) is 27.4 Å². The molecular weight excluding hydrogens is 381 g/mol. The van der Waals surface area contributed by atoms with Gasteiger partial charge >= 0.3 is 6.18 Å². The van der Waals surface area contributed by atoms with Crippen molar-refractivity contribution in [3.05, 3.63) is 45.9 Å². The van der Waals surface area contributed by atoms with Gasteiger partial charge in [0.25, 0.3) is 0 Å². The SMILES string of the molecule is CN=C(NCc1cccc(OCCOC)c1)NCc1nc(C(F)(F)F)cs1. The van der Waals surface area contributed by atoms with Crippen molar-refractivity contribution in [2.24, 2.45) is 4.99 Å². The van der Waals surface area contributed by atoms with E-state index >= 15 is 0 Å². The first-order valence-corrected chi connectivity index (χ1v) is 8.97. The zero-order valence-corrected chi connectivity index (χ0v) is 15.8. The van der Waals surface area contributed by atoms with Gasteiger partial charge in [0.05, 0.1) is 13.2 Å². The Hall–Kier alpha value is -2.33. The molecule has 0 saturated heterocycles. The van der Waals surface area contributed by atoms with Gasteiger partial charge in [-0.2, -0.15) is 13.2 Å². The van der Waals surface area contributed by atoms with Crippen molar-refractivity contribution in [1.29, 1.82) is 0 Å². The molecule has 6 nitrogen and oxygen atoms in total. The Morgan fingerprint density at radius 1 is 1.22 bits per heavy atom. The summed E-state index contributed by atoms with van der Waals surface area (Å²) in [5.74, 6) is 1.20. The van der Waals surface area contributed by atoms with E-state index in [1.165, 1.54) is 0 Å². The number of halogens is 3. The minimum Gasteiger partial charge on any atom is -0.491 e. The van der Waals surface area contributed by atoms with E-state index < -0.39 is 11.9 Å². The van der Waals surface area contributed by atoms with Gasteiger partial charge in [-0.05, 0) is 17.7 Å². The lowest BCUT2D eigenvalue weighted by molar-refractivity contribution is -0.140. The van der Waals surface area contributed by atoms with Crippen molar-refractivity contribution in [2.45, 2.75) is 19.3 Å². The highest BCUT2D eigenvalue weighted by atomic mass is 32.1. The molecule has 2 rings (SSSR count). The van der Waals surface area contributed by atoms with Crippen molar-refractivity contribution in [3.63, 3.8) is 0 Å². The van der Waals surface area contributed by atoms with Gasteiger partial charge in [0, 0.05) is 26.1 Å². The molecule has 0 saturated carbocycles. The maximum absolute atomic E-state index is 12.6. The van der Waals surface area contributed by atoms with Crippen LogP contribution in [0.15, 0.2) is 34.6 Å². The lowest BCUT2D eigenvalue weighted by Crippen LogP contribution is -2.36. The van der Waals surface area contributed by atoms with Gasteiger partial charge in [0.15, 0.2) is 11.7 Å². The van der Waals surface area contributed by atoms with Crippen molar-refractivity contribution in [3.8, 4) is 5.75 Å². The van der Waals surface area contributed by atoms with Crippen LogP contribution < -0.4 is 15.4 Å². The molecule has 0 atom stereocenters. The molecule has 1 aromatic heterocycles. The molecule has 2 N–H and O–H groups in total. The van der Waals surface area contributed by atoms with Gasteiger partial charge in [0.1, 0.15) is 17.4 Å². The number of guanidine groups is 1. The number of ether oxygens (including phenoxy) is 2. The molecule has 0 amide bonds. The lowest BCUT2D eigenvalue weighted by Gasteiger charge is -2.12. The molecule has 0 aliphatic heterocycles. The number of hydrogen-bond donors (Lipinski definition) is 2. The average Bonchev–Trinajstić information content (AvgIpc) is 3.12. The summed E-state index contributed by atoms with van der Waals surface area (Å²) in [5, 5.41) is 7.38. The molecule has 0 unspecified atom stereocenters. The van der Waals surface area contributed by atoms with Gasteiger partial charge in [0.2, 0.25) is 0 Å². The number of hydrogen-bond acceptors (Lipinski definition) is 5. The summed E-state index contributed by atoms with van der Waals surface area (Å²) in [4.78, 5) is 7.63. The number of alkyl halides is 3. The third kappa shape index (κ3) is 7.06. The van der Waals surface area contributed by atoms with E-state index in [0.29, 0.717) is 30.7 Å². The molecule has 0 spiro atoms. The van der Waals surface area contributed by atoms with Crippen molar-refractivity contribution in [1.82, 2.24) is 15.6 Å². The Morgan fingerprint density at radius 3 is 2.67 bits per heavy atom. The molecule has 0 aliphatic rings. The predicted octanol–water partition coefficient (Wildman–Crippen LogP) is 3.05. The first-order valence-electron chi connectivity index (χ1n) is 8.09. The fraction of sp³-hybridized carbons (Fsp3) is 0.412. The topological polar surface area (TPSA) is 67.8 Å². The van der Waals surface area contributed by atoms with Crippen LogP contribution in [0.2, 0.25) is 0 Å². The third-order valence-electron chi connectivity index (χ3n) is 3.39. The highest BCUT2D eigenvalue weighted by Gasteiger charge is 2.33. The number of aromatic nitrogens is 1. The van der Waals surface area contributed by atoms with Crippen molar-refractivity contribution >= 4 is 17.3 Å². The minimum atomic E-state index is -4.43. The molecule has 2 aromatic rings. The van der Waals surface area contributed by atoms with Gasteiger partial charge in [-0.3, -0.25) is 4.99 Å². The molecule has 10 heteroatoms. The third-order valence-corrected chi connectivity index (χ3v) is 4.24. The zero-order valence-electron chi connectivity index (χ0n) is 15.0.